The lowest BCUT2D eigenvalue weighted by Gasteiger charge is -2.12. The molecule has 1 saturated carbocycles. The number of aliphatic hydroxyl groups is 1. The van der Waals surface area contributed by atoms with Crippen LogP contribution >= 0.6 is 11.3 Å². The first-order valence-corrected chi connectivity index (χ1v) is 6.11. The molecule has 0 amide bonds. The third-order valence-electron chi connectivity index (χ3n) is 2.59. The summed E-state index contributed by atoms with van der Waals surface area (Å²) in [4.78, 5) is 11.4. The molecule has 0 saturated heterocycles. The lowest BCUT2D eigenvalue weighted by molar-refractivity contribution is 0.149. The van der Waals surface area contributed by atoms with E-state index in [1.807, 2.05) is 12.3 Å². The highest BCUT2D eigenvalue weighted by Crippen LogP contribution is 2.18. The average molecular weight is 228 g/mol. The Bertz CT molecular complexity index is 381. The molecule has 84 valence electrons. The highest BCUT2D eigenvalue weighted by Gasteiger charge is 2.21. The molecular weight excluding hydrogens is 212 g/mol. The van der Waals surface area contributed by atoms with E-state index in [0.29, 0.717) is 19.1 Å². The maximum atomic E-state index is 11.4. The van der Waals surface area contributed by atoms with E-state index < -0.39 is 6.10 Å². The summed E-state index contributed by atoms with van der Waals surface area (Å²) in [5.74, 6) is 0. The summed E-state index contributed by atoms with van der Waals surface area (Å²) in [6.45, 7) is 2.86. The summed E-state index contributed by atoms with van der Waals surface area (Å²) >= 11 is 1.19. The monoisotopic (exact) mass is 228 g/mol. The van der Waals surface area contributed by atoms with Crippen molar-refractivity contribution in [2.24, 2.45) is 0 Å². The van der Waals surface area contributed by atoms with Gasteiger partial charge in [-0.3, -0.25) is 4.79 Å². The number of thiazole rings is 1. The number of hydrogen-bond donors (Lipinski definition) is 2. The van der Waals surface area contributed by atoms with Crippen LogP contribution in [0, 0.1) is 6.92 Å². The number of aromatic nitrogens is 1. The van der Waals surface area contributed by atoms with Crippen LogP contribution in [-0.2, 0) is 6.54 Å². The van der Waals surface area contributed by atoms with Crippen LogP contribution in [0.1, 0.15) is 18.5 Å². The Morgan fingerprint density at radius 1 is 1.73 bits per heavy atom. The van der Waals surface area contributed by atoms with Crippen LogP contribution in [0.3, 0.4) is 0 Å². The largest absolute Gasteiger partial charge is 0.390 e. The fourth-order valence-electron chi connectivity index (χ4n) is 1.49. The van der Waals surface area contributed by atoms with Crippen molar-refractivity contribution in [3.63, 3.8) is 0 Å². The van der Waals surface area contributed by atoms with E-state index in [1.54, 1.807) is 4.57 Å². The summed E-state index contributed by atoms with van der Waals surface area (Å²) in [6.07, 6.45) is 1.95. The van der Waals surface area contributed by atoms with E-state index >= 15 is 0 Å². The molecule has 1 aliphatic carbocycles. The topological polar surface area (TPSA) is 54.3 Å². The molecule has 0 radical (unpaired) electrons. The van der Waals surface area contributed by atoms with Gasteiger partial charge in [0.25, 0.3) is 0 Å². The zero-order valence-electron chi connectivity index (χ0n) is 8.77. The Kier molecular flexibility index (Phi) is 3.23. The van der Waals surface area contributed by atoms with E-state index in [0.717, 1.165) is 5.69 Å². The van der Waals surface area contributed by atoms with Gasteiger partial charge < -0.3 is 15.0 Å². The second-order valence-corrected chi connectivity index (χ2v) is 4.91. The first-order chi connectivity index (χ1) is 7.16. The van der Waals surface area contributed by atoms with Crippen molar-refractivity contribution in [2.75, 3.05) is 6.54 Å². The number of aliphatic hydroxyl groups excluding tert-OH is 1. The Labute approximate surface area is 92.6 Å². The molecule has 1 atom stereocenters. The first kappa shape index (κ1) is 10.9. The molecule has 1 fully saturated rings. The minimum absolute atomic E-state index is 0.0120. The Morgan fingerprint density at radius 3 is 3.00 bits per heavy atom. The van der Waals surface area contributed by atoms with E-state index in [9.17, 15) is 9.90 Å². The molecule has 0 aliphatic heterocycles. The molecule has 1 aromatic heterocycles. The van der Waals surface area contributed by atoms with Gasteiger partial charge in [0.1, 0.15) is 0 Å². The molecule has 1 aliphatic rings. The van der Waals surface area contributed by atoms with E-state index in [1.165, 1.54) is 24.2 Å². The molecular formula is C10H16N2O2S. The van der Waals surface area contributed by atoms with Gasteiger partial charge in [-0.15, -0.1) is 0 Å². The molecule has 2 rings (SSSR count). The predicted molar refractivity (Wildman–Crippen MR) is 60.3 cm³/mol. The van der Waals surface area contributed by atoms with Gasteiger partial charge in [-0.25, -0.2) is 0 Å². The number of hydrogen-bond acceptors (Lipinski definition) is 4. The minimum atomic E-state index is -0.475. The molecule has 0 spiro atoms. The highest BCUT2D eigenvalue weighted by molar-refractivity contribution is 7.07. The van der Waals surface area contributed by atoms with Crippen molar-refractivity contribution in [3.05, 3.63) is 20.7 Å². The number of aryl methyl sites for hydroxylation is 1. The minimum Gasteiger partial charge on any atom is -0.390 e. The van der Waals surface area contributed by atoms with Crippen LogP contribution in [0.4, 0.5) is 0 Å². The van der Waals surface area contributed by atoms with Gasteiger partial charge >= 0.3 is 4.87 Å². The van der Waals surface area contributed by atoms with Gasteiger partial charge in [-0.2, -0.15) is 0 Å². The summed E-state index contributed by atoms with van der Waals surface area (Å²) < 4.78 is 1.63. The van der Waals surface area contributed by atoms with Gasteiger partial charge in [0.15, 0.2) is 0 Å². The fraction of sp³-hybridized carbons (Fsp3) is 0.700. The smallest absolute Gasteiger partial charge is 0.307 e. The van der Waals surface area contributed by atoms with Gasteiger partial charge in [0.2, 0.25) is 0 Å². The van der Waals surface area contributed by atoms with Crippen molar-refractivity contribution in [1.82, 2.24) is 9.88 Å². The summed E-state index contributed by atoms with van der Waals surface area (Å²) in [5, 5.41) is 14.8. The Balaban J connectivity index is 1.86. The van der Waals surface area contributed by atoms with E-state index in [4.69, 9.17) is 0 Å². The third-order valence-corrected chi connectivity index (χ3v) is 3.47. The first-order valence-electron chi connectivity index (χ1n) is 5.23. The molecule has 1 aromatic rings. The number of nitrogens with zero attached hydrogens (tertiary/aromatic N) is 1. The van der Waals surface area contributed by atoms with Crippen molar-refractivity contribution < 1.29 is 5.11 Å². The zero-order chi connectivity index (χ0) is 10.8. The second kappa shape index (κ2) is 4.47. The third kappa shape index (κ3) is 2.90. The maximum Gasteiger partial charge on any atom is 0.307 e. The summed E-state index contributed by atoms with van der Waals surface area (Å²) in [5.41, 5.74) is 0.926. The van der Waals surface area contributed by atoms with Crippen LogP contribution in [0.5, 0.6) is 0 Å². The lowest BCUT2D eigenvalue weighted by atomic mass is 10.3. The Hall–Kier alpha value is -0.650. The second-order valence-electron chi connectivity index (χ2n) is 4.09. The van der Waals surface area contributed by atoms with Gasteiger partial charge in [-0.1, -0.05) is 11.3 Å². The molecule has 5 heteroatoms. The molecule has 15 heavy (non-hydrogen) atoms. The van der Waals surface area contributed by atoms with Gasteiger partial charge in [-0.05, 0) is 19.8 Å². The van der Waals surface area contributed by atoms with E-state index in [2.05, 4.69) is 5.32 Å². The Morgan fingerprint density at radius 2 is 2.47 bits per heavy atom. The molecule has 0 bridgehead atoms. The van der Waals surface area contributed by atoms with Gasteiger partial charge in [0, 0.05) is 23.7 Å². The SMILES string of the molecule is Cc1csc(=O)n1CC(O)CNC1CC1. The van der Waals surface area contributed by atoms with E-state index in [-0.39, 0.29) is 4.87 Å². The molecule has 1 unspecified atom stereocenters. The van der Waals surface area contributed by atoms with Crippen LogP contribution in [0.15, 0.2) is 10.2 Å². The molecule has 0 aromatic carbocycles. The molecule has 2 N–H and O–H groups in total. The van der Waals surface area contributed by atoms with Crippen molar-refractivity contribution in [1.29, 1.82) is 0 Å². The van der Waals surface area contributed by atoms with Crippen molar-refractivity contribution in [3.8, 4) is 0 Å². The van der Waals surface area contributed by atoms with Crippen LogP contribution in [0.2, 0.25) is 0 Å². The average Bonchev–Trinajstić information content (AvgIpc) is 2.98. The van der Waals surface area contributed by atoms with Crippen molar-refractivity contribution in [2.45, 2.75) is 38.5 Å². The predicted octanol–water partition coefficient (Wildman–Crippen LogP) is 0.331. The van der Waals surface area contributed by atoms with Gasteiger partial charge in [0.05, 0.1) is 12.6 Å². The van der Waals surface area contributed by atoms with Crippen molar-refractivity contribution >= 4 is 11.3 Å². The van der Waals surface area contributed by atoms with Crippen LogP contribution < -0.4 is 10.2 Å². The normalized spacial score (nSPS) is 18.0. The molecule has 1 heterocycles. The molecule has 4 nitrogen and oxygen atoms in total. The van der Waals surface area contributed by atoms with Crippen LogP contribution in [0.25, 0.3) is 0 Å². The van der Waals surface area contributed by atoms with Crippen LogP contribution in [-0.4, -0.2) is 28.4 Å². The standard InChI is InChI=1S/C10H16N2O2S/c1-7-6-15-10(14)12(7)5-9(13)4-11-8-2-3-8/h6,8-9,11,13H,2-5H2,1H3. The lowest BCUT2D eigenvalue weighted by Crippen LogP contribution is -2.33. The summed E-state index contributed by atoms with van der Waals surface area (Å²) in [6, 6.07) is 0.597. The number of rotatable bonds is 5. The maximum absolute atomic E-state index is 11.4. The highest BCUT2D eigenvalue weighted by atomic mass is 32.1. The fourth-order valence-corrected chi connectivity index (χ4v) is 2.24. The quantitative estimate of drug-likeness (QED) is 0.763. The summed E-state index contributed by atoms with van der Waals surface area (Å²) in [7, 11) is 0. The number of nitrogens with one attached hydrogen (secondary N) is 1. The zero-order valence-corrected chi connectivity index (χ0v) is 9.59.